The van der Waals surface area contributed by atoms with Crippen LogP contribution in [0.15, 0.2) is 36.4 Å². The SMILES string of the molecule is Cc1ccc(C(=O)N2CCS[C@H]2c2ccc(C)s2)cc1. The van der Waals surface area contributed by atoms with Crippen LogP contribution < -0.4 is 0 Å². The molecule has 1 aliphatic heterocycles. The van der Waals surface area contributed by atoms with E-state index in [0.717, 1.165) is 17.9 Å². The van der Waals surface area contributed by atoms with Gasteiger partial charge in [-0.1, -0.05) is 17.7 Å². The molecule has 0 saturated carbocycles. The van der Waals surface area contributed by atoms with Gasteiger partial charge < -0.3 is 4.90 Å². The average Bonchev–Trinajstić information content (AvgIpc) is 3.07. The molecule has 4 heteroatoms. The molecule has 1 atom stereocenters. The van der Waals surface area contributed by atoms with Crippen molar-refractivity contribution in [3.05, 3.63) is 57.3 Å². The Kier molecular flexibility index (Phi) is 3.85. The number of hydrogen-bond acceptors (Lipinski definition) is 3. The number of carbonyl (C=O) groups excluding carboxylic acids is 1. The van der Waals surface area contributed by atoms with Gasteiger partial charge in [0.25, 0.3) is 5.91 Å². The zero-order chi connectivity index (χ0) is 14.1. The summed E-state index contributed by atoms with van der Waals surface area (Å²) in [4.78, 5) is 17.3. The number of rotatable bonds is 2. The molecule has 1 amide bonds. The molecule has 2 heterocycles. The highest BCUT2D eigenvalue weighted by molar-refractivity contribution is 7.99. The Hall–Kier alpha value is -1.26. The highest BCUT2D eigenvalue weighted by Gasteiger charge is 2.31. The molecule has 0 spiro atoms. The second-order valence-corrected chi connectivity index (χ2v) is 7.54. The number of nitrogens with zero attached hydrogens (tertiary/aromatic N) is 1. The monoisotopic (exact) mass is 303 g/mol. The number of benzene rings is 1. The lowest BCUT2D eigenvalue weighted by molar-refractivity contribution is 0.0762. The molecular weight excluding hydrogens is 286 g/mol. The number of carbonyl (C=O) groups is 1. The van der Waals surface area contributed by atoms with E-state index >= 15 is 0 Å². The van der Waals surface area contributed by atoms with E-state index in [1.54, 1.807) is 11.3 Å². The quantitative estimate of drug-likeness (QED) is 0.826. The van der Waals surface area contributed by atoms with Crippen LogP contribution in [-0.2, 0) is 0 Å². The molecule has 1 aromatic heterocycles. The van der Waals surface area contributed by atoms with Gasteiger partial charge in [0, 0.05) is 27.6 Å². The van der Waals surface area contributed by atoms with Gasteiger partial charge in [-0.05, 0) is 38.1 Å². The van der Waals surface area contributed by atoms with Crippen LogP contribution in [0.25, 0.3) is 0 Å². The third-order valence-corrected chi connectivity index (χ3v) is 5.90. The van der Waals surface area contributed by atoms with Crippen LogP contribution in [0.1, 0.15) is 31.0 Å². The number of amides is 1. The Morgan fingerprint density at radius 2 is 1.90 bits per heavy atom. The number of thiophene rings is 1. The van der Waals surface area contributed by atoms with Crippen LogP contribution in [0.2, 0.25) is 0 Å². The van der Waals surface area contributed by atoms with Crippen LogP contribution in [0.5, 0.6) is 0 Å². The van der Waals surface area contributed by atoms with Crippen molar-refractivity contribution >= 4 is 29.0 Å². The Labute approximate surface area is 127 Å². The second-order valence-electron chi connectivity index (χ2n) is 5.04. The van der Waals surface area contributed by atoms with E-state index in [1.807, 2.05) is 47.9 Å². The largest absolute Gasteiger partial charge is 0.321 e. The van der Waals surface area contributed by atoms with E-state index in [0.29, 0.717) is 0 Å². The molecule has 2 nitrogen and oxygen atoms in total. The highest BCUT2D eigenvalue weighted by atomic mass is 32.2. The molecule has 2 aromatic rings. The predicted molar refractivity (Wildman–Crippen MR) is 86.5 cm³/mol. The lowest BCUT2D eigenvalue weighted by atomic mass is 10.1. The molecule has 3 rings (SSSR count). The molecule has 104 valence electrons. The fourth-order valence-corrected chi connectivity index (χ4v) is 4.73. The van der Waals surface area contributed by atoms with Gasteiger partial charge in [-0.3, -0.25) is 4.79 Å². The van der Waals surface area contributed by atoms with E-state index in [1.165, 1.54) is 15.3 Å². The molecule has 1 aliphatic rings. The van der Waals surface area contributed by atoms with Crippen molar-refractivity contribution in [3.8, 4) is 0 Å². The molecule has 0 aliphatic carbocycles. The van der Waals surface area contributed by atoms with Gasteiger partial charge in [0.2, 0.25) is 0 Å². The van der Waals surface area contributed by atoms with Crippen LogP contribution >= 0.6 is 23.1 Å². The third kappa shape index (κ3) is 2.63. The zero-order valence-corrected chi connectivity index (χ0v) is 13.3. The van der Waals surface area contributed by atoms with Gasteiger partial charge in [0.1, 0.15) is 5.37 Å². The van der Waals surface area contributed by atoms with E-state index < -0.39 is 0 Å². The van der Waals surface area contributed by atoms with Gasteiger partial charge in [-0.15, -0.1) is 23.1 Å². The number of hydrogen-bond donors (Lipinski definition) is 0. The van der Waals surface area contributed by atoms with E-state index in [2.05, 4.69) is 19.1 Å². The summed E-state index contributed by atoms with van der Waals surface area (Å²) in [6.07, 6.45) is 0. The van der Waals surface area contributed by atoms with Gasteiger partial charge >= 0.3 is 0 Å². The van der Waals surface area contributed by atoms with Gasteiger partial charge in [-0.25, -0.2) is 0 Å². The maximum Gasteiger partial charge on any atom is 0.255 e. The summed E-state index contributed by atoms with van der Waals surface area (Å²) >= 11 is 3.65. The minimum Gasteiger partial charge on any atom is -0.321 e. The summed E-state index contributed by atoms with van der Waals surface area (Å²) < 4.78 is 0. The van der Waals surface area contributed by atoms with Crippen molar-refractivity contribution in [3.63, 3.8) is 0 Å². The minimum absolute atomic E-state index is 0.144. The predicted octanol–water partition coefficient (Wildman–Crippen LogP) is 4.25. The topological polar surface area (TPSA) is 20.3 Å². The highest BCUT2D eigenvalue weighted by Crippen LogP contribution is 2.41. The van der Waals surface area contributed by atoms with Crippen molar-refractivity contribution in [2.75, 3.05) is 12.3 Å². The first-order chi connectivity index (χ1) is 9.65. The molecular formula is C16H17NOS2. The summed E-state index contributed by atoms with van der Waals surface area (Å²) in [7, 11) is 0. The summed E-state index contributed by atoms with van der Waals surface area (Å²) in [5.41, 5.74) is 1.97. The van der Waals surface area contributed by atoms with Crippen molar-refractivity contribution < 1.29 is 4.79 Å². The molecule has 0 unspecified atom stereocenters. The lowest BCUT2D eigenvalue weighted by Gasteiger charge is -2.23. The van der Waals surface area contributed by atoms with Crippen molar-refractivity contribution in [2.45, 2.75) is 19.2 Å². The molecule has 20 heavy (non-hydrogen) atoms. The second kappa shape index (κ2) is 5.62. The number of aryl methyl sites for hydroxylation is 2. The standard InChI is InChI=1S/C16H17NOS2/c1-11-3-6-13(7-4-11)15(18)17-9-10-19-16(17)14-8-5-12(2)20-14/h3-8,16H,9-10H2,1-2H3/t16-/m0/s1. The van der Waals surface area contributed by atoms with Gasteiger partial charge in [0.05, 0.1) is 0 Å². The first-order valence-electron chi connectivity index (χ1n) is 6.71. The maximum absolute atomic E-state index is 12.7. The van der Waals surface area contributed by atoms with Crippen molar-refractivity contribution in [1.29, 1.82) is 0 Å². The molecule has 1 fully saturated rings. The Balaban J connectivity index is 1.85. The van der Waals surface area contributed by atoms with Crippen molar-refractivity contribution in [2.24, 2.45) is 0 Å². The molecule has 1 saturated heterocycles. The van der Waals surface area contributed by atoms with E-state index in [-0.39, 0.29) is 11.3 Å². The third-order valence-electron chi connectivity index (χ3n) is 3.45. The molecule has 0 bridgehead atoms. The Morgan fingerprint density at radius 1 is 1.15 bits per heavy atom. The van der Waals surface area contributed by atoms with E-state index in [4.69, 9.17) is 0 Å². The normalized spacial score (nSPS) is 18.5. The Morgan fingerprint density at radius 3 is 2.55 bits per heavy atom. The lowest BCUT2D eigenvalue weighted by Crippen LogP contribution is -2.30. The van der Waals surface area contributed by atoms with E-state index in [9.17, 15) is 4.79 Å². The molecule has 1 aromatic carbocycles. The fourth-order valence-electron chi connectivity index (χ4n) is 2.36. The van der Waals surface area contributed by atoms with Crippen LogP contribution in [0.3, 0.4) is 0 Å². The van der Waals surface area contributed by atoms with Crippen LogP contribution in [0.4, 0.5) is 0 Å². The summed E-state index contributed by atoms with van der Waals surface area (Å²) in [6, 6.07) is 12.1. The molecule has 0 N–H and O–H groups in total. The smallest absolute Gasteiger partial charge is 0.255 e. The Bertz CT molecular complexity index is 618. The van der Waals surface area contributed by atoms with Crippen molar-refractivity contribution in [1.82, 2.24) is 4.90 Å². The van der Waals surface area contributed by atoms with Crippen LogP contribution in [0, 0.1) is 13.8 Å². The minimum atomic E-state index is 0.144. The summed E-state index contributed by atoms with van der Waals surface area (Å²) in [5, 5.41) is 0.183. The first kappa shape index (κ1) is 13.7. The average molecular weight is 303 g/mol. The zero-order valence-electron chi connectivity index (χ0n) is 11.6. The van der Waals surface area contributed by atoms with Crippen LogP contribution in [-0.4, -0.2) is 23.1 Å². The summed E-state index contributed by atoms with van der Waals surface area (Å²) in [6.45, 7) is 4.98. The molecule has 0 radical (unpaired) electrons. The number of thioether (sulfide) groups is 1. The first-order valence-corrected chi connectivity index (χ1v) is 8.57. The maximum atomic E-state index is 12.7. The van der Waals surface area contributed by atoms with Gasteiger partial charge in [0.15, 0.2) is 0 Å². The fraction of sp³-hybridized carbons (Fsp3) is 0.312. The van der Waals surface area contributed by atoms with Gasteiger partial charge in [-0.2, -0.15) is 0 Å². The summed E-state index contributed by atoms with van der Waals surface area (Å²) in [5.74, 6) is 1.16.